The molecule has 0 aromatic carbocycles. The number of oxime groups is 1. The van der Waals surface area contributed by atoms with Crippen LogP contribution in [0.1, 0.15) is 23.1 Å². The number of imidazole rings is 2. The Kier molecular flexibility index (Phi) is 4.51. The van der Waals surface area contributed by atoms with E-state index in [0.717, 1.165) is 22.7 Å². The van der Waals surface area contributed by atoms with Gasteiger partial charge in [0.25, 0.3) is 0 Å². The standard InChI is InChI=1S/C20H18ClN7O2/c1-12-8-27(11-23-12)16-5-4-14(25-20(16)29-2)19-24-15(10-30-26-19)17-7-22-18-6-3-13(21)9-28(17)18/h3-9,11,15H,10H2,1-2H3,(H,24,26). The van der Waals surface area contributed by atoms with Gasteiger partial charge in [-0.1, -0.05) is 16.8 Å². The summed E-state index contributed by atoms with van der Waals surface area (Å²) in [5.74, 6) is 0.966. The van der Waals surface area contributed by atoms with Crippen molar-refractivity contribution in [1.82, 2.24) is 29.2 Å². The number of aryl methyl sites for hydroxylation is 1. The first kappa shape index (κ1) is 18.4. The van der Waals surface area contributed by atoms with E-state index >= 15 is 0 Å². The van der Waals surface area contributed by atoms with E-state index in [4.69, 9.17) is 21.2 Å². The largest absolute Gasteiger partial charge is 0.479 e. The van der Waals surface area contributed by atoms with E-state index in [1.54, 1.807) is 19.6 Å². The van der Waals surface area contributed by atoms with Crippen LogP contribution in [-0.2, 0) is 4.84 Å². The van der Waals surface area contributed by atoms with Crippen molar-refractivity contribution in [3.05, 3.63) is 71.3 Å². The molecule has 1 unspecified atom stereocenters. The van der Waals surface area contributed by atoms with E-state index in [9.17, 15) is 0 Å². The number of rotatable bonds is 4. The number of aromatic nitrogens is 5. The van der Waals surface area contributed by atoms with Crippen molar-refractivity contribution in [3.63, 3.8) is 0 Å². The molecule has 1 atom stereocenters. The van der Waals surface area contributed by atoms with Crippen LogP contribution in [-0.4, -0.2) is 43.5 Å². The molecule has 0 bridgehead atoms. The fourth-order valence-electron chi connectivity index (χ4n) is 3.39. The average molecular weight is 424 g/mol. The van der Waals surface area contributed by atoms with Gasteiger partial charge in [-0.2, -0.15) is 0 Å². The Hall–Kier alpha value is -3.59. The monoisotopic (exact) mass is 423 g/mol. The molecule has 0 saturated carbocycles. The molecule has 10 heteroatoms. The fourth-order valence-corrected chi connectivity index (χ4v) is 3.55. The van der Waals surface area contributed by atoms with Crippen LogP contribution in [0.15, 0.2) is 54.3 Å². The van der Waals surface area contributed by atoms with E-state index in [-0.39, 0.29) is 6.04 Å². The lowest BCUT2D eigenvalue weighted by Gasteiger charge is -2.23. The van der Waals surface area contributed by atoms with Gasteiger partial charge in [0.1, 0.15) is 29.7 Å². The number of hydrogen-bond acceptors (Lipinski definition) is 7. The van der Waals surface area contributed by atoms with Gasteiger partial charge in [0.05, 0.1) is 36.0 Å². The first-order valence-corrected chi connectivity index (χ1v) is 9.65. The van der Waals surface area contributed by atoms with E-state index in [1.807, 2.05) is 52.6 Å². The summed E-state index contributed by atoms with van der Waals surface area (Å²) in [6.07, 6.45) is 7.26. The third-order valence-corrected chi connectivity index (χ3v) is 5.05. The molecule has 0 saturated heterocycles. The van der Waals surface area contributed by atoms with Crippen LogP contribution in [0.5, 0.6) is 5.88 Å². The molecule has 1 aliphatic heterocycles. The summed E-state index contributed by atoms with van der Waals surface area (Å²) in [5.41, 5.74) is 4.01. The van der Waals surface area contributed by atoms with Crippen LogP contribution < -0.4 is 10.1 Å². The minimum atomic E-state index is -0.172. The number of ether oxygens (including phenoxy) is 1. The third kappa shape index (κ3) is 3.22. The van der Waals surface area contributed by atoms with Gasteiger partial charge in [0.15, 0.2) is 5.84 Å². The van der Waals surface area contributed by atoms with Crippen LogP contribution in [0, 0.1) is 6.92 Å². The second-order valence-electron chi connectivity index (χ2n) is 6.84. The molecule has 30 heavy (non-hydrogen) atoms. The van der Waals surface area contributed by atoms with Gasteiger partial charge in [0, 0.05) is 12.4 Å². The lowest BCUT2D eigenvalue weighted by Crippen LogP contribution is -2.37. The molecule has 0 fully saturated rings. The number of nitrogens with zero attached hydrogens (tertiary/aromatic N) is 6. The van der Waals surface area contributed by atoms with Gasteiger partial charge < -0.3 is 23.9 Å². The Morgan fingerprint density at radius 2 is 2.10 bits per heavy atom. The average Bonchev–Trinajstić information content (AvgIpc) is 3.39. The Bertz CT molecular complexity index is 1260. The SMILES string of the molecule is COc1nc(C2=NOCC(c3cnc4ccc(Cl)cn34)N2)ccc1-n1cnc(C)c1. The number of fused-ring (bicyclic) bond motifs is 1. The van der Waals surface area contributed by atoms with Gasteiger partial charge >= 0.3 is 0 Å². The maximum Gasteiger partial charge on any atom is 0.238 e. The van der Waals surface area contributed by atoms with Crippen molar-refractivity contribution >= 4 is 23.1 Å². The zero-order valence-electron chi connectivity index (χ0n) is 16.3. The number of pyridine rings is 2. The first-order valence-electron chi connectivity index (χ1n) is 9.28. The molecular formula is C20H18ClN7O2. The Labute approximate surface area is 176 Å². The molecule has 0 aliphatic carbocycles. The molecule has 9 nitrogen and oxygen atoms in total. The Morgan fingerprint density at radius 1 is 1.20 bits per heavy atom. The molecule has 5 heterocycles. The van der Waals surface area contributed by atoms with Gasteiger partial charge in [-0.15, -0.1) is 0 Å². The molecule has 4 aromatic heterocycles. The van der Waals surface area contributed by atoms with E-state index in [2.05, 4.69) is 25.4 Å². The highest BCUT2D eigenvalue weighted by atomic mass is 35.5. The van der Waals surface area contributed by atoms with Crippen molar-refractivity contribution in [1.29, 1.82) is 0 Å². The van der Waals surface area contributed by atoms with Crippen molar-refractivity contribution in [3.8, 4) is 11.6 Å². The second kappa shape index (κ2) is 7.34. The van der Waals surface area contributed by atoms with E-state index in [1.165, 1.54) is 0 Å². The molecule has 0 spiro atoms. The molecular weight excluding hydrogens is 406 g/mol. The Balaban J connectivity index is 1.46. The molecule has 0 amide bonds. The van der Waals surface area contributed by atoms with Crippen molar-refractivity contribution < 1.29 is 9.57 Å². The lowest BCUT2D eigenvalue weighted by molar-refractivity contribution is 0.108. The molecule has 1 aliphatic rings. The van der Waals surface area contributed by atoms with Crippen LogP contribution >= 0.6 is 11.6 Å². The first-order chi connectivity index (χ1) is 14.6. The van der Waals surface area contributed by atoms with Crippen LogP contribution in [0.3, 0.4) is 0 Å². The van der Waals surface area contributed by atoms with E-state index in [0.29, 0.717) is 29.0 Å². The van der Waals surface area contributed by atoms with Crippen LogP contribution in [0.4, 0.5) is 0 Å². The van der Waals surface area contributed by atoms with Gasteiger partial charge in [0.2, 0.25) is 5.88 Å². The van der Waals surface area contributed by atoms with Crippen molar-refractivity contribution in [2.45, 2.75) is 13.0 Å². The van der Waals surface area contributed by atoms with Gasteiger partial charge in [-0.3, -0.25) is 0 Å². The van der Waals surface area contributed by atoms with Gasteiger partial charge in [-0.05, 0) is 31.2 Å². The summed E-state index contributed by atoms with van der Waals surface area (Å²) >= 11 is 6.16. The van der Waals surface area contributed by atoms with Crippen LogP contribution in [0.2, 0.25) is 5.02 Å². The maximum atomic E-state index is 6.16. The molecule has 0 radical (unpaired) electrons. The lowest BCUT2D eigenvalue weighted by atomic mass is 10.2. The molecule has 1 N–H and O–H groups in total. The second-order valence-corrected chi connectivity index (χ2v) is 7.27. The maximum absolute atomic E-state index is 6.16. The number of halogens is 1. The summed E-state index contributed by atoms with van der Waals surface area (Å²) in [6, 6.07) is 7.27. The zero-order chi connectivity index (χ0) is 20.7. The van der Waals surface area contributed by atoms with Gasteiger partial charge in [-0.25, -0.2) is 15.0 Å². The summed E-state index contributed by atoms with van der Waals surface area (Å²) in [4.78, 5) is 18.8. The van der Waals surface area contributed by atoms with Crippen molar-refractivity contribution in [2.75, 3.05) is 13.7 Å². The minimum absolute atomic E-state index is 0.172. The van der Waals surface area contributed by atoms with E-state index < -0.39 is 0 Å². The quantitative estimate of drug-likeness (QED) is 0.542. The fraction of sp³-hybridized carbons (Fsp3) is 0.200. The highest BCUT2D eigenvalue weighted by Gasteiger charge is 2.24. The molecule has 152 valence electrons. The number of nitrogens with one attached hydrogen (secondary N) is 1. The highest BCUT2D eigenvalue weighted by molar-refractivity contribution is 6.30. The summed E-state index contributed by atoms with van der Waals surface area (Å²) in [6.45, 7) is 2.28. The Morgan fingerprint density at radius 3 is 2.90 bits per heavy atom. The number of methoxy groups -OCH3 is 1. The molecule has 4 aromatic rings. The molecule has 5 rings (SSSR count). The predicted octanol–water partition coefficient (Wildman–Crippen LogP) is 2.91. The normalized spacial score (nSPS) is 16.1. The highest BCUT2D eigenvalue weighted by Crippen LogP contribution is 2.24. The zero-order valence-corrected chi connectivity index (χ0v) is 17.0. The predicted molar refractivity (Wildman–Crippen MR) is 111 cm³/mol. The smallest absolute Gasteiger partial charge is 0.238 e. The van der Waals surface area contributed by atoms with Crippen LogP contribution in [0.25, 0.3) is 11.3 Å². The number of hydrogen-bond donors (Lipinski definition) is 1. The minimum Gasteiger partial charge on any atom is -0.479 e. The summed E-state index contributed by atoms with van der Waals surface area (Å²) < 4.78 is 9.30. The topological polar surface area (TPSA) is 90.9 Å². The van der Waals surface area contributed by atoms with Crippen molar-refractivity contribution in [2.24, 2.45) is 5.16 Å². The third-order valence-electron chi connectivity index (χ3n) is 4.83. The number of amidine groups is 1. The summed E-state index contributed by atoms with van der Waals surface area (Å²) in [5, 5.41) is 8.16. The summed E-state index contributed by atoms with van der Waals surface area (Å²) in [7, 11) is 1.58.